The Hall–Kier alpha value is -3.66. The standard InChI is InChI=1S/C27H34ClN5O3.C2H4O2/c1-6-7-12-36-26(35)24-21(8-9-22(28)30-24)29-18(4)19-13-17(3)14-20-23(19)31-27(32(5)25(20)34)33-11-10-16(2)15-33;1-4-2-3/h8-9,13-14,16,18,29H,6-7,10-12,15H2,1-5H3;2H,1H3. The SMILES string of the molecule is CCCCOC(=O)c1nc(Cl)ccc1NC(C)c1cc(C)cc2c(=O)n(C)c(N3CCC(C)C3)nc12.COC=O. The highest BCUT2D eigenvalue weighted by molar-refractivity contribution is 6.29. The van der Waals surface area contributed by atoms with Gasteiger partial charge in [0, 0.05) is 25.7 Å². The number of carbonyl (C=O) groups excluding carboxylic acids is 2. The quantitative estimate of drug-likeness (QED) is 0.163. The number of nitrogens with one attached hydrogen (secondary N) is 1. The molecule has 1 aliphatic heterocycles. The molecule has 0 radical (unpaired) electrons. The number of aromatic nitrogens is 3. The van der Waals surface area contributed by atoms with Gasteiger partial charge in [-0.1, -0.05) is 37.9 Å². The lowest BCUT2D eigenvalue weighted by molar-refractivity contribution is -0.126. The molecule has 2 unspecified atom stereocenters. The van der Waals surface area contributed by atoms with Gasteiger partial charge in [-0.25, -0.2) is 14.8 Å². The number of methoxy groups -OCH3 is 1. The first-order valence-electron chi connectivity index (χ1n) is 13.4. The van der Waals surface area contributed by atoms with Gasteiger partial charge < -0.3 is 19.7 Å². The van der Waals surface area contributed by atoms with Crippen LogP contribution in [-0.2, 0) is 21.3 Å². The molecule has 2 aromatic heterocycles. The van der Waals surface area contributed by atoms with Crippen molar-refractivity contribution in [3.63, 3.8) is 0 Å². The zero-order valence-corrected chi connectivity index (χ0v) is 24.7. The Labute approximate surface area is 239 Å². The highest BCUT2D eigenvalue weighted by Crippen LogP contribution is 2.30. The van der Waals surface area contributed by atoms with E-state index < -0.39 is 5.97 Å². The lowest BCUT2D eigenvalue weighted by Crippen LogP contribution is -2.30. The topological polar surface area (TPSA) is 116 Å². The number of carbonyl (C=O) groups is 2. The minimum absolute atomic E-state index is 0.0694. The molecule has 2 atom stereocenters. The first-order valence-corrected chi connectivity index (χ1v) is 13.8. The number of ether oxygens (including phenoxy) is 2. The molecule has 3 aromatic rings. The van der Waals surface area contributed by atoms with Crippen molar-refractivity contribution in [3.8, 4) is 0 Å². The molecule has 1 aromatic carbocycles. The van der Waals surface area contributed by atoms with Gasteiger partial charge in [0.1, 0.15) is 5.15 Å². The number of nitrogens with zero attached hydrogens (tertiary/aromatic N) is 4. The molecule has 0 bridgehead atoms. The Kier molecular flexibility index (Phi) is 10.9. The predicted octanol–water partition coefficient (Wildman–Crippen LogP) is 5.06. The number of esters is 1. The highest BCUT2D eigenvalue weighted by Gasteiger charge is 2.25. The van der Waals surface area contributed by atoms with Gasteiger partial charge in [0.2, 0.25) is 5.95 Å². The molecule has 1 aliphatic rings. The van der Waals surface area contributed by atoms with Gasteiger partial charge in [0.15, 0.2) is 5.69 Å². The van der Waals surface area contributed by atoms with Crippen LogP contribution >= 0.6 is 11.6 Å². The molecular formula is C29H38ClN5O5. The predicted molar refractivity (Wildman–Crippen MR) is 157 cm³/mol. The van der Waals surface area contributed by atoms with E-state index in [9.17, 15) is 9.59 Å². The van der Waals surface area contributed by atoms with Crippen LogP contribution in [0.15, 0.2) is 29.1 Å². The number of halogens is 1. The molecule has 11 heteroatoms. The fourth-order valence-electron chi connectivity index (χ4n) is 4.67. The molecule has 1 saturated heterocycles. The molecule has 10 nitrogen and oxygen atoms in total. The van der Waals surface area contributed by atoms with E-state index in [4.69, 9.17) is 26.1 Å². The number of anilines is 2. The third kappa shape index (κ3) is 7.29. The molecule has 0 saturated carbocycles. The maximum absolute atomic E-state index is 13.4. The normalized spacial score (nSPS) is 15.3. The molecule has 0 aliphatic carbocycles. The number of fused-ring (bicyclic) bond motifs is 1. The Morgan fingerprint density at radius 3 is 2.65 bits per heavy atom. The van der Waals surface area contributed by atoms with Crippen LogP contribution in [0, 0.1) is 12.8 Å². The fourth-order valence-corrected chi connectivity index (χ4v) is 4.81. The lowest BCUT2D eigenvalue weighted by atomic mass is 10.0. The van der Waals surface area contributed by atoms with Crippen molar-refractivity contribution in [3.05, 3.63) is 56.6 Å². The number of aryl methyl sites for hydroxylation is 1. The average Bonchev–Trinajstić information content (AvgIpc) is 3.37. The van der Waals surface area contributed by atoms with Crippen LogP contribution in [0.4, 0.5) is 11.6 Å². The van der Waals surface area contributed by atoms with Crippen LogP contribution in [0.2, 0.25) is 5.15 Å². The van der Waals surface area contributed by atoms with E-state index in [0.29, 0.717) is 41.5 Å². The Morgan fingerprint density at radius 2 is 2.02 bits per heavy atom. The van der Waals surface area contributed by atoms with Crippen molar-refractivity contribution in [2.24, 2.45) is 13.0 Å². The Morgan fingerprint density at radius 1 is 1.30 bits per heavy atom. The first kappa shape index (κ1) is 30.9. The third-order valence-electron chi connectivity index (χ3n) is 6.76. The molecule has 1 N–H and O–H groups in total. The van der Waals surface area contributed by atoms with Gasteiger partial charge >= 0.3 is 5.97 Å². The lowest BCUT2D eigenvalue weighted by Gasteiger charge is -2.23. The van der Waals surface area contributed by atoms with E-state index >= 15 is 0 Å². The molecule has 4 rings (SSSR count). The van der Waals surface area contributed by atoms with E-state index in [1.54, 1.807) is 23.7 Å². The van der Waals surface area contributed by atoms with Crippen molar-refractivity contribution < 1.29 is 19.1 Å². The van der Waals surface area contributed by atoms with Crippen LogP contribution < -0.4 is 15.8 Å². The van der Waals surface area contributed by atoms with Crippen molar-refractivity contribution in [1.82, 2.24) is 14.5 Å². The first-order chi connectivity index (χ1) is 19.1. The van der Waals surface area contributed by atoms with Gasteiger partial charge in [-0.2, -0.15) is 0 Å². The fraction of sp³-hybridized carbons (Fsp3) is 0.483. The summed E-state index contributed by atoms with van der Waals surface area (Å²) in [5.74, 6) is 0.721. The number of hydrogen-bond donors (Lipinski definition) is 1. The summed E-state index contributed by atoms with van der Waals surface area (Å²) >= 11 is 6.10. The third-order valence-corrected chi connectivity index (χ3v) is 6.97. The Balaban J connectivity index is 0.00000103. The summed E-state index contributed by atoms with van der Waals surface area (Å²) < 4.78 is 10.9. The molecule has 216 valence electrons. The van der Waals surface area contributed by atoms with Crippen molar-refractivity contribution >= 4 is 46.6 Å². The Bertz CT molecular complexity index is 1410. The van der Waals surface area contributed by atoms with E-state index in [1.165, 1.54) is 7.11 Å². The second kappa shape index (κ2) is 14.1. The number of hydrogen-bond acceptors (Lipinski definition) is 9. The van der Waals surface area contributed by atoms with Crippen LogP contribution in [0.5, 0.6) is 0 Å². The van der Waals surface area contributed by atoms with Gasteiger partial charge in [-0.05, 0) is 56.4 Å². The maximum atomic E-state index is 13.4. The molecule has 0 spiro atoms. The van der Waals surface area contributed by atoms with Crippen molar-refractivity contribution in [2.75, 3.05) is 37.0 Å². The summed E-state index contributed by atoms with van der Waals surface area (Å²) in [7, 11) is 3.10. The number of pyridine rings is 1. The van der Waals surface area contributed by atoms with Crippen molar-refractivity contribution in [1.29, 1.82) is 0 Å². The monoisotopic (exact) mass is 571 g/mol. The zero-order chi connectivity index (χ0) is 29.4. The number of rotatable bonds is 9. The van der Waals surface area contributed by atoms with Crippen LogP contribution in [-0.4, -0.2) is 53.8 Å². The zero-order valence-electron chi connectivity index (χ0n) is 24.0. The summed E-state index contributed by atoms with van der Waals surface area (Å²) in [4.78, 5) is 46.5. The second-order valence-corrected chi connectivity index (χ2v) is 10.5. The summed E-state index contributed by atoms with van der Waals surface area (Å²) in [6, 6.07) is 7.00. The van der Waals surface area contributed by atoms with E-state index in [2.05, 4.69) is 26.9 Å². The van der Waals surface area contributed by atoms with E-state index in [0.717, 1.165) is 43.5 Å². The minimum atomic E-state index is -0.521. The van der Waals surface area contributed by atoms with Crippen LogP contribution in [0.3, 0.4) is 0 Å². The molecule has 1 fully saturated rings. The molecule has 40 heavy (non-hydrogen) atoms. The summed E-state index contributed by atoms with van der Waals surface area (Å²) in [6.07, 6.45) is 2.77. The molecule has 0 amide bonds. The number of benzene rings is 1. The second-order valence-electron chi connectivity index (χ2n) is 10.1. The van der Waals surface area contributed by atoms with Crippen LogP contribution in [0.25, 0.3) is 10.9 Å². The van der Waals surface area contributed by atoms with Crippen molar-refractivity contribution in [2.45, 2.75) is 53.0 Å². The van der Waals surface area contributed by atoms with Gasteiger partial charge in [0.25, 0.3) is 12.0 Å². The highest BCUT2D eigenvalue weighted by atomic mass is 35.5. The van der Waals surface area contributed by atoms with E-state index in [1.807, 2.05) is 32.9 Å². The molecular weight excluding hydrogens is 534 g/mol. The maximum Gasteiger partial charge on any atom is 0.359 e. The minimum Gasteiger partial charge on any atom is -0.471 e. The average molecular weight is 572 g/mol. The smallest absolute Gasteiger partial charge is 0.359 e. The van der Waals surface area contributed by atoms with Gasteiger partial charge in [-0.15, -0.1) is 0 Å². The summed E-state index contributed by atoms with van der Waals surface area (Å²) in [5, 5.41) is 4.18. The molecule has 3 heterocycles. The van der Waals surface area contributed by atoms with Gasteiger partial charge in [0.05, 0.1) is 36.3 Å². The largest absolute Gasteiger partial charge is 0.471 e. The summed E-state index contributed by atoms with van der Waals surface area (Å²) in [5.41, 5.74) is 3.07. The number of unbranched alkanes of at least 4 members (excludes halogenated alkanes) is 1. The van der Waals surface area contributed by atoms with E-state index in [-0.39, 0.29) is 22.4 Å². The van der Waals surface area contributed by atoms with Crippen LogP contribution in [0.1, 0.15) is 67.7 Å². The van der Waals surface area contributed by atoms with Gasteiger partial charge in [-0.3, -0.25) is 14.2 Å². The summed E-state index contributed by atoms with van der Waals surface area (Å²) in [6.45, 7) is 10.6.